The molecule has 1 saturated heterocycles. The Morgan fingerprint density at radius 1 is 1.12 bits per heavy atom. The van der Waals surface area contributed by atoms with Crippen molar-refractivity contribution in [3.63, 3.8) is 0 Å². The molecule has 2 amide bonds. The van der Waals surface area contributed by atoms with Crippen LogP contribution in [0.2, 0.25) is 0 Å². The summed E-state index contributed by atoms with van der Waals surface area (Å²) in [6, 6.07) is 8.15. The van der Waals surface area contributed by atoms with E-state index in [1.807, 2.05) is 17.0 Å². The van der Waals surface area contributed by atoms with E-state index >= 15 is 0 Å². The second kappa shape index (κ2) is 8.68. The maximum absolute atomic E-state index is 12.2. The van der Waals surface area contributed by atoms with Gasteiger partial charge in [-0.1, -0.05) is 12.1 Å². The van der Waals surface area contributed by atoms with Crippen molar-refractivity contribution < 1.29 is 14.3 Å². The zero-order chi connectivity index (χ0) is 17.5. The average Bonchev–Trinajstić information content (AvgIpc) is 2.60. The summed E-state index contributed by atoms with van der Waals surface area (Å²) in [5.41, 5.74) is 1.29. The number of carbonyl (C=O) groups is 2. The van der Waals surface area contributed by atoms with Gasteiger partial charge in [-0.15, -0.1) is 0 Å². The van der Waals surface area contributed by atoms with Crippen LogP contribution in [0, 0.1) is 0 Å². The van der Waals surface area contributed by atoms with Gasteiger partial charge in [-0.05, 0) is 24.1 Å². The molecule has 0 saturated carbocycles. The van der Waals surface area contributed by atoms with E-state index in [2.05, 4.69) is 17.0 Å². The predicted octanol–water partition coefficient (Wildman–Crippen LogP) is 0.860. The second-order valence-electron chi connectivity index (χ2n) is 6.20. The Hall–Kier alpha value is -2.08. The number of carbonyl (C=O) groups excluding carboxylic acids is 2. The van der Waals surface area contributed by atoms with Crippen molar-refractivity contribution in [3.8, 4) is 5.75 Å². The van der Waals surface area contributed by atoms with Crippen LogP contribution < -0.4 is 4.74 Å². The van der Waals surface area contributed by atoms with Crippen LogP contribution in [0.3, 0.4) is 0 Å². The molecule has 1 fully saturated rings. The first kappa shape index (κ1) is 18.3. The van der Waals surface area contributed by atoms with Crippen LogP contribution in [-0.4, -0.2) is 79.9 Å². The van der Waals surface area contributed by atoms with E-state index in [1.165, 1.54) is 17.4 Å². The summed E-state index contributed by atoms with van der Waals surface area (Å²) in [6.07, 6.45) is 0.991. The van der Waals surface area contributed by atoms with Crippen LogP contribution in [0.4, 0.5) is 0 Å². The lowest BCUT2D eigenvalue weighted by molar-refractivity contribution is -0.139. The zero-order valence-electron chi connectivity index (χ0n) is 14.8. The molecule has 0 unspecified atom stereocenters. The average molecular weight is 333 g/mol. The number of hydrogen-bond donors (Lipinski definition) is 0. The molecule has 24 heavy (non-hydrogen) atoms. The molecule has 6 heteroatoms. The zero-order valence-corrected chi connectivity index (χ0v) is 14.8. The molecule has 1 heterocycles. The Balaban J connectivity index is 1.72. The Morgan fingerprint density at radius 2 is 1.75 bits per heavy atom. The molecule has 0 atom stereocenters. The summed E-state index contributed by atoms with van der Waals surface area (Å²) in [5.74, 6) is 0.824. The molecule has 0 spiro atoms. The van der Waals surface area contributed by atoms with Crippen LogP contribution in [-0.2, 0) is 16.0 Å². The fourth-order valence-corrected chi connectivity index (χ4v) is 2.71. The fourth-order valence-electron chi connectivity index (χ4n) is 2.71. The van der Waals surface area contributed by atoms with Gasteiger partial charge in [-0.25, -0.2) is 0 Å². The molecular weight excluding hydrogens is 306 g/mol. The smallest absolute Gasteiger partial charge is 0.242 e. The van der Waals surface area contributed by atoms with Gasteiger partial charge >= 0.3 is 0 Å². The first-order valence-electron chi connectivity index (χ1n) is 8.34. The summed E-state index contributed by atoms with van der Waals surface area (Å²) in [6.45, 7) is 5.85. The minimum Gasteiger partial charge on any atom is -0.497 e. The number of ether oxygens (including phenoxy) is 1. The molecule has 132 valence electrons. The summed E-state index contributed by atoms with van der Waals surface area (Å²) >= 11 is 0. The van der Waals surface area contributed by atoms with Gasteiger partial charge in [0.25, 0.3) is 0 Å². The number of hydrogen-bond acceptors (Lipinski definition) is 4. The summed E-state index contributed by atoms with van der Waals surface area (Å²) < 4.78 is 5.17. The number of methoxy groups -OCH3 is 1. The Labute approximate surface area is 144 Å². The third-order valence-electron chi connectivity index (χ3n) is 4.51. The van der Waals surface area contributed by atoms with Crippen molar-refractivity contribution in [1.29, 1.82) is 0 Å². The molecule has 0 aromatic heterocycles. The van der Waals surface area contributed by atoms with Crippen molar-refractivity contribution in [2.45, 2.75) is 13.3 Å². The van der Waals surface area contributed by atoms with Gasteiger partial charge in [0.2, 0.25) is 11.8 Å². The minimum atomic E-state index is -0.0820. The number of nitrogens with zero attached hydrogens (tertiary/aromatic N) is 3. The molecule has 2 rings (SSSR count). The normalized spacial score (nSPS) is 15.2. The Morgan fingerprint density at radius 3 is 2.29 bits per heavy atom. The van der Waals surface area contributed by atoms with E-state index in [4.69, 9.17) is 4.74 Å². The van der Waals surface area contributed by atoms with E-state index in [0.29, 0.717) is 0 Å². The van der Waals surface area contributed by atoms with Crippen molar-refractivity contribution in [2.75, 3.05) is 53.4 Å². The van der Waals surface area contributed by atoms with Crippen LogP contribution in [0.25, 0.3) is 0 Å². The van der Waals surface area contributed by atoms with Crippen molar-refractivity contribution in [3.05, 3.63) is 29.8 Å². The monoisotopic (exact) mass is 333 g/mol. The lowest BCUT2D eigenvalue weighted by atomic mass is 10.1. The maximum atomic E-state index is 12.2. The van der Waals surface area contributed by atoms with E-state index in [1.54, 1.807) is 14.2 Å². The SMILES string of the molecule is COc1ccc(CCN2CCN(C(=O)CN(C)C(C)=O)CC2)cc1. The molecule has 1 aromatic carbocycles. The highest BCUT2D eigenvalue weighted by atomic mass is 16.5. The van der Waals surface area contributed by atoms with Gasteiger partial charge in [0.1, 0.15) is 5.75 Å². The van der Waals surface area contributed by atoms with Crippen LogP contribution in [0.1, 0.15) is 12.5 Å². The molecule has 0 radical (unpaired) electrons. The number of piperazine rings is 1. The van der Waals surface area contributed by atoms with Gasteiger partial charge in [-0.2, -0.15) is 0 Å². The largest absolute Gasteiger partial charge is 0.497 e. The molecule has 0 bridgehead atoms. The summed E-state index contributed by atoms with van der Waals surface area (Å²) in [7, 11) is 3.33. The van der Waals surface area contributed by atoms with Gasteiger partial charge in [0.15, 0.2) is 0 Å². The van der Waals surface area contributed by atoms with Crippen LogP contribution >= 0.6 is 0 Å². The number of likely N-dealkylation sites (N-methyl/N-ethyl adjacent to an activating group) is 1. The van der Waals surface area contributed by atoms with E-state index in [0.717, 1.165) is 44.9 Å². The van der Waals surface area contributed by atoms with Crippen molar-refractivity contribution >= 4 is 11.8 Å². The van der Waals surface area contributed by atoms with Gasteiger partial charge in [0, 0.05) is 46.7 Å². The topological polar surface area (TPSA) is 53.1 Å². The third kappa shape index (κ3) is 5.23. The first-order chi connectivity index (χ1) is 11.5. The highest BCUT2D eigenvalue weighted by Crippen LogP contribution is 2.12. The molecule has 6 nitrogen and oxygen atoms in total. The minimum absolute atomic E-state index is 0.0301. The quantitative estimate of drug-likeness (QED) is 0.775. The van der Waals surface area contributed by atoms with Gasteiger partial charge in [-0.3, -0.25) is 14.5 Å². The predicted molar refractivity (Wildman–Crippen MR) is 93.0 cm³/mol. The summed E-state index contributed by atoms with van der Waals surface area (Å²) in [4.78, 5) is 29.1. The first-order valence-corrected chi connectivity index (χ1v) is 8.34. The standard InChI is InChI=1S/C18H27N3O3/c1-15(22)19(2)14-18(23)21-12-10-20(11-13-21)9-8-16-4-6-17(24-3)7-5-16/h4-7H,8-14H2,1-3H3. The van der Waals surface area contributed by atoms with E-state index < -0.39 is 0 Å². The highest BCUT2D eigenvalue weighted by Gasteiger charge is 2.22. The second-order valence-corrected chi connectivity index (χ2v) is 6.20. The van der Waals surface area contributed by atoms with Crippen molar-refractivity contribution in [1.82, 2.24) is 14.7 Å². The molecule has 1 aliphatic heterocycles. The highest BCUT2D eigenvalue weighted by molar-refractivity contribution is 5.83. The molecule has 1 aliphatic rings. The molecule has 1 aromatic rings. The van der Waals surface area contributed by atoms with Crippen LogP contribution in [0.5, 0.6) is 5.75 Å². The van der Waals surface area contributed by atoms with Gasteiger partial charge in [0.05, 0.1) is 13.7 Å². The van der Waals surface area contributed by atoms with Gasteiger partial charge < -0.3 is 14.5 Å². The van der Waals surface area contributed by atoms with E-state index in [9.17, 15) is 9.59 Å². The Bertz CT molecular complexity index is 551. The maximum Gasteiger partial charge on any atom is 0.242 e. The number of benzene rings is 1. The fraction of sp³-hybridized carbons (Fsp3) is 0.556. The lowest BCUT2D eigenvalue weighted by Gasteiger charge is -2.35. The summed E-state index contributed by atoms with van der Waals surface area (Å²) in [5, 5.41) is 0. The van der Waals surface area contributed by atoms with Crippen LogP contribution in [0.15, 0.2) is 24.3 Å². The molecule has 0 aliphatic carbocycles. The third-order valence-corrected chi connectivity index (χ3v) is 4.51. The van der Waals surface area contributed by atoms with Crippen molar-refractivity contribution in [2.24, 2.45) is 0 Å². The number of rotatable bonds is 6. The Kier molecular flexibility index (Phi) is 6.61. The number of amides is 2. The molecular formula is C18H27N3O3. The lowest BCUT2D eigenvalue weighted by Crippen LogP contribution is -2.51. The molecule has 0 N–H and O–H groups in total. The van der Waals surface area contributed by atoms with E-state index in [-0.39, 0.29) is 18.4 Å².